The van der Waals surface area contributed by atoms with E-state index in [1.54, 1.807) is 0 Å². The van der Waals surface area contributed by atoms with Crippen molar-refractivity contribution in [1.82, 2.24) is 10.6 Å². The van der Waals surface area contributed by atoms with Crippen molar-refractivity contribution < 1.29 is 4.79 Å². The summed E-state index contributed by atoms with van der Waals surface area (Å²) in [6.45, 7) is 1.69. The first-order valence-corrected chi connectivity index (χ1v) is 4.57. The van der Waals surface area contributed by atoms with Crippen molar-refractivity contribution in [2.24, 2.45) is 0 Å². The third-order valence-electron chi connectivity index (χ3n) is 1.81. The van der Waals surface area contributed by atoms with Gasteiger partial charge in [-0.15, -0.1) is 0 Å². The molecular formula is C7H14N2OS. The highest BCUT2D eigenvalue weighted by molar-refractivity contribution is 7.80. The molecule has 1 aliphatic rings. The smallest absolute Gasteiger partial charge is 0.220 e. The Morgan fingerprint density at radius 3 is 3.09 bits per heavy atom. The summed E-state index contributed by atoms with van der Waals surface area (Å²) in [6, 6.07) is 0.458. The second kappa shape index (κ2) is 4.62. The van der Waals surface area contributed by atoms with Gasteiger partial charge < -0.3 is 10.6 Å². The minimum absolute atomic E-state index is 0.175. The molecule has 0 spiro atoms. The first-order chi connectivity index (χ1) is 5.33. The lowest BCUT2D eigenvalue weighted by molar-refractivity contribution is -0.122. The summed E-state index contributed by atoms with van der Waals surface area (Å²) in [5.74, 6) is 1.03. The molecule has 0 aromatic rings. The largest absolute Gasteiger partial charge is 0.355 e. The fourth-order valence-electron chi connectivity index (χ4n) is 1.18. The minimum Gasteiger partial charge on any atom is -0.355 e. The van der Waals surface area contributed by atoms with Crippen LogP contribution in [-0.2, 0) is 4.79 Å². The molecule has 2 N–H and O–H groups in total. The van der Waals surface area contributed by atoms with Gasteiger partial charge in [0.15, 0.2) is 0 Å². The van der Waals surface area contributed by atoms with E-state index >= 15 is 0 Å². The molecule has 0 bridgehead atoms. The molecule has 1 aliphatic heterocycles. The van der Waals surface area contributed by atoms with E-state index in [2.05, 4.69) is 23.3 Å². The molecule has 3 nitrogen and oxygen atoms in total. The zero-order chi connectivity index (χ0) is 8.10. The predicted octanol–water partition coefficient (Wildman–Crippen LogP) is -0.216. The normalized spacial score (nSPS) is 24.8. The van der Waals surface area contributed by atoms with Crippen LogP contribution < -0.4 is 10.6 Å². The molecule has 0 aromatic heterocycles. The van der Waals surface area contributed by atoms with Crippen molar-refractivity contribution in [1.29, 1.82) is 0 Å². The number of piperidine rings is 1. The lowest BCUT2D eigenvalue weighted by Gasteiger charge is -2.23. The van der Waals surface area contributed by atoms with E-state index in [4.69, 9.17) is 0 Å². The number of rotatable bonds is 3. The second-order valence-electron chi connectivity index (χ2n) is 2.72. The van der Waals surface area contributed by atoms with Crippen LogP contribution >= 0.6 is 12.6 Å². The maximum Gasteiger partial charge on any atom is 0.220 e. The van der Waals surface area contributed by atoms with Crippen LogP contribution in [0.2, 0.25) is 0 Å². The molecule has 64 valence electrons. The summed E-state index contributed by atoms with van der Waals surface area (Å²) in [5, 5.41) is 6.12. The van der Waals surface area contributed by atoms with Gasteiger partial charge >= 0.3 is 0 Å². The van der Waals surface area contributed by atoms with E-state index in [0.717, 1.165) is 25.3 Å². The van der Waals surface area contributed by atoms with Gasteiger partial charge in [-0.3, -0.25) is 4.79 Å². The van der Waals surface area contributed by atoms with Gasteiger partial charge in [0.05, 0.1) is 0 Å². The van der Waals surface area contributed by atoms with Crippen LogP contribution in [0.5, 0.6) is 0 Å². The van der Waals surface area contributed by atoms with E-state index in [1.165, 1.54) is 0 Å². The standard InChI is InChI=1S/C7H14N2OS/c10-7-2-1-6(5-9-7)8-3-4-11/h6,8,11H,1-5H2,(H,9,10). The average Bonchev–Trinajstić information content (AvgIpc) is 2.04. The van der Waals surface area contributed by atoms with Crippen LogP contribution in [-0.4, -0.2) is 30.8 Å². The summed E-state index contributed by atoms with van der Waals surface area (Å²) in [5.41, 5.74) is 0. The summed E-state index contributed by atoms with van der Waals surface area (Å²) < 4.78 is 0. The highest BCUT2D eigenvalue weighted by Crippen LogP contribution is 2.01. The summed E-state index contributed by atoms with van der Waals surface area (Å²) in [6.07, 6.45) is 1.61. The molecule has 1 heterocycles. The van der Waals surface area contributed by atoms with E-state index in [9.17, 15) is 4.79 Å². The molecule has 1 rings (SSSR count). The number of thiol groups is 1. The van der Waals surface area contributed by atoms with Crippen LogP contribution in [0.25, 0.3) is 0 Å². The van der Waals surface area contributed by atoms with Crippen LogP contribution in [0.1, 0.15) is 12.8 Å². The Morgan fingerprint density at radius 1 is 1.73 bits per heavy atom. The molecule has 0 saturated carbocycles. The summed E-state index contributed by atoms with van der Waals surface area (Å²) in [7, 11) is 0. The van der Waals surface area contributed by atoms with Crippen molar-refractivity contribution in [2.75, 3.05) is 18.8 Å². The summed E-state index contributed by atoms with van der Waals surface area (Å²) >= 11 is 4.09. The van der Waals surface area contributed by atoms with Gasteiger partial charge in [0.25, 0.3) is 0 Å². The highest BCUT2D eigenvalue weighted by atomic mass is 32.1. The van der Waals surface area contributed by atoms with E-state index in [1.807, 2.05) is 0 Å². The first kappa shape index (κ1) is 8.87. The Kier molecular flexibility index (Phi) is 3.72. The molecular weight excluding hydrogens is 160 g/mol. The molecule has 0 aliphatic carbocycles. The molecule has 0 radical (unpaired) electrons. The molecule has 0 aromatic carbocycles. The van der Waals surface area contributed by atoms with E-state index in [-0.39, 0.29) is 5.91 Å². The van der Waals surface area contributed by atoms with Crippen molar-refractivity contribution in [3.63, 3.8) is 0 Å². The zero-order valence-electron chi connectivity index (χ0n) is 6.47. The monoisotopic (exact) mass is 174 g/mol. The lowest BCUT2D eigenvalue weighted by atomic mass is 10.1. The molecule has 1 fully saturated rings. The molecule has 1 unspecified atom stereocenters. The minimum atomic E-state index is 0.175. The van der Waals surface area contributed by atoms with Gasteiger partial charge in [0.1, 0.15) is 0 Å². The quantitative estimate of drug-likeness (QED) is 0.518. The number of amides is 1. The number of hydrogen-bond acceptors (Lipinski definition) is 3. The maximum absolute atomic E-state index is 10.7. The van der Waals surface area contributed by atoms with E-state index in [0.29, 0.717) is 12.5 Å². The van der Waals surface area contributed by atoms with Crippen molar-refractivity contribution >= 4 is 18.5 Å². The highest BCUT2D eigenvalue weighted by Gasteiger charge is 2.16. The Labute approximate surface area is 72.3 Å². The van der Waals surface area contributed by atoms with Crippen LogP contribution in [0.3, 0.4) is 0 Å². The SMILES string of the molecule is O=C1CCC(NCCS)CN1. The number of carbonyl (C=O) groups is 1. The van der Waals surface area contributed by atoms with Gasteiger partial charge in [-0.05, 0) is 6.42 Å². The number of hydrogen-bond donors (Lipinski definition) is 3. The Hall–Kier alpha value is -0.220. The van der Waals surface area contributed by atoms with Crippen LogP contribution in [0, 0.1) is 0 Å². The number of nitrogens with one attached hydrogen (secondary N) is 2. The van der Waals surface area contributed by atoms with Gasteiger partial charge in [-0.2, -0.15) is 12.6 Å². The molecule has 11 heavy (non-hydrogen) atoms. The topological polar surface area (TPSA) is 41.1 Å². The second-order valence-corrected chi connectivity index (χ2v) is 3.16. The van der Waals surface area contributed by atoms with Crippen LogP contribution in [0.15, 0.2) is 0 Å². The Bertz CT molecular complexity index is 130. The maximum atomic E-state index is 10.7. The molecule has 1 atom stereocenters. The van der Waals surface area contributed by atoms with Gasteiger partial charge in [-0.25, -0.2) is 0 Å². The Balaban J connectivity index is 2.12. The zero-order valence-corrected chi connectivity index (χ0v) is 7.36. The Morgan fingerprint density at radius 2 is 2.55 bits per heavy atom. The van der Waals surface area contributed by atoms with Gasteiger partial charge in [-0.1, -0.05) is 0 Å². The van der Waals surface area contributed by atoms with Crippen molar-refractivity contribution in [3.8, 4) is 0 Å². The van der Waals surface area contributed by atoms with Gasteiger partial charge in [0.2, 0.25) is 5.91 Å². The van der Waals surface area contributed by atoms with Gasteiger partial charge in [0, 0.05) is 31.3 Å². The molecule has 4 heteroatoms. The van der Waals surface area contributed by atoms with E-state index < -0.39 is 0 Å². The fraction of sp³-hybridized carbons (Fsp3) is 0.857. The average molecular weight is 174 g/mol. The first-order valence-electron chi connectivity index (χ1n) is 3.94. The number of carbonyl (C=O) groups excluding carboxylic acids is 1. The van der Waals surface area contributed by atoms with Crippen molar-refractivity contribution in [3.05, 3.63) is 0 Å². The third-order valence-corrected chi connectivity index (χ3v) is 2.03. The fourth-order valence-corrected chi connectivity index (χ4v) is 1.30. The van der Waals surface area contributed by atoms with Crippen molar-refractivity contribution in [2.45, 2.75) is 18.9 Å². The predicted molar refractivity (Wildman–Crippen MR) is 47.9 cm³/mol. The third kappa shape index (κ3) is 3.12. The molecule has 1 saturated heterocycles. The van der Waals surface area contributed by atoms with Crippen LogP contribution in [0.4, 0.5) is 0 Å². The summed E-state index contributed by atoms with van der Waals surface area (Å²) in [4.78, 5) is 10.7. The lowest BCUT2D eigenvalue weighted by Crippen LogP contribution is -2.46. The molecule has 1 amide bonds.